The van der Waals surface area contributed by atoms with E-state index in [1.54, 1.807) is 25.2 Å². The Morgan fingerprint density at radius 2 is 2.04 bits per heavy atom. The third kappa shape index (κ3) is 9.77. The first-order valence-corrected chi connectivity index (χ1v) is 8.08. The Morgan fingerprint density at radius 1 is 1.29 bits per heavy atom. The zero-order valence-corrected chi connectivity index (χ0v) is 14.4. The second-order valence-corrected chi connectivity index (χ2v) is 5.32. The maximum atomic E-state index is 11.1. The van der Waals surface area contributed by atoms with Gasteiger partial charge in [0.05, 0.1) is 25.9 Å². The van der Waals surface area contributed by atoms with E-state index < -0.39 is 6.10 Å². The van der Waals surface area contributed by atoms with E-state index in [-0.39, 0.29) is 5.97 Å². The molecule has 0 fully saturated rings. The van der Waals surface area contributed by atoms with Crippen LogP contribution >= 0.6 is 0 Å². The van der Waals surface area contributed by atoms with Crippen molar-refractivity contribution >= 4 is 5.97 Å². The largest absolute Gasteiger partial charge is 0.463 e. The molecule has 24 heavy (non-hydrogen) atoms. The summed E-state index contributed by atoms with van der Waals surface area (Å²) in [5, 5.41) is 9.93. The first-order chi connectivity index (χ1) is 11.6. The molecule has 0 aliphatic carbocycles. The zero-order valence-electron chi connectivity index (χ0n) is 14.4. The lowest BCUT2D eigenvalue weighted by atomic mass is 10.1. The van der Waals surface area contributed by atoms with E-state index in [1.165, 1.54) is 6.08 Å². The highest BCUT2D eigenvalue weighted by molar-refractivity contribution is 5.82. The smallest absolute Gasteiger partial charge is 0.330 e. The number of carbonyl (C=O) groups is 1. The number of benzene rings is 1. The molecule has 1 rings (SSSR count). The van der Waals surface area contributed by atoms with Gasteiger partial charge in [0.25, 0.3) is 0 Å². The quantitative estimate of drug-likeness (QED) is 0.234. The van der Waals surface area contributed by atoms with Gasteiger partial charge in [0, 0.05) is 6.08 Å². The van der Waals surface area contributed by atoms with Crippen LogP contribution in [0, 0.1) is 0 Å². The Bertz CT molecular complexity index is 558. The molecule has 1 unspecified atom stereocenters. The number of hydrogen-bond acceptors (Lipinski definition) is 4. The fourth-order valence-corrected chi connectivity index (χ4v) is 1.98. The van der Waals surface area contributed by atoms with Crippen molar-refractivity contribution < 1.29 is 19.4 Å². The van der Waals surface area contributed by atoms with Crippen LogP contribution in [0.5, 0.6) is 0 Å². The molecule has 0 aromatic heterocycles. The van der Waals surface area contributed by atoms with Crippen LogP contribution in [0.1, 0.15) is 25.8 Å². The summed E-state index contributed by atoms with van der Waals surface area (Å²) in [7, 11) is 0. The summed E-state index contributed by atoms with van der Waals surface area (Å²) < 4.78 is 10.3. The Kier molecular flexibility index (Phi) is 10.2. The van der Waals surface area contributed by atoms with E-state index in [2.05, 4.69) is 0 Å². The Morgan fingerprint density at radius 3 is 2.75 bits per heavy atom. The molecule has 0 aliphatic heterocycles. The van der Waals surface area contributed by atoms with Crippen molar-refractivity contribution in [2.24, 2.45) is 0 Å². The summed E-state index contributed by atoms with van der Waals surface area (Å²) >= 11 is 0. The predicted octanol–water partition coefficient (Wildman–Crippen LogP) is 3.58. The number of hydrogen-bond donors (Lipinski definition) is 1. The van der Waals surface area contributed by atoms with Crippen molar-refractivity contribution in [3.8, 4) is 0 Å². The van der Waals surface area contributed by atoms with Crippen molar-refractivity contribution in [2.45, 2.75) is 33.0 Å². The minimum Gasteiger partial charge on any atom is -0.463 e. The average molecular weight is 330 g/mol. The van der Waals surface area contributed by atoms with E-state index in [0.29, 0.717) is 26.2 Å². The SMILES string of the molecule is CCOC(=O)/C=C\C=C(\C)CC(O)/C=C/COCc1ccccc1. The monoisotopic (exact) mass is 330 g/mol. The van der Waals surface area contributed by atoms with Gasteiger partial charge in [0.1, 0.15) is 0 Å². The van der Waals surface area contributed by atoms with Gasteiger partial charge in [0.15, 0.2) is 0 Å². The third-order valence-corrected chi connectivity index (χ3v) is 3.11. The molecule has 0 spiro atoms. The number of rotatable bonds is 10. The van der Waals surface area contributed by atoms with Gasteiger partial charge in [-0.3, -0.25) is 0 Å². The summed E-state index contributed by atoms with van der Waals surface area (Å²) in [5.74, 6) is -0.363. The number of ether oxygens (including phenoxy) is 2. The minimum absolute atomic E-state index is 0.363. The fraction of sp³-hybridized carbons (Fsp3) is 0.350. The van der Waals surface area contributed by atoms with Crippen LogP contribution in [0.25, 0.3) is 0 Å². The molecule has 0 radical (unpaired) electrons. The molecular weight excluding hydrogens is 304 g/mol. The van der Waals surface area contributed by atoms with Crippen LogP contribution in [-0.4, -0.2) is 30.4 Å². The third-order valence-electron chi connectivity index (χ3n) is 3.11. The number of esters is 1. The molecule has 0 amide bonds. The second kappa shape index (κ2) is 12.3. The molecule has 0 aliphatic rings. The van der Waals surface area contributed by atoms with Gasteiger partial charge in [0.2, 0.25) is 0 Å². The molecule has 130 valence electrons. The maximum absolute atomic E-state index is 11.1. The van der Waals surface area contributed by atoms with Gasteiger partial charge >= 0.3 is 5.97 Å². The number of carbonyl (C=O) groups excluding carboxylic acids is 1. The Hall–Kier alpha value is -2.17. The number of aliphatic hydroxyl groups is 1. The van der Waals surface area contributed by atoms with Crippen molar-refractivity contribution in [2.75, 3.05) is 13.2 Å². The first-order valence-electron chi connectivity index (χ1n) is 8.08. The van der Waals surface area contributed by atoms with Crippen molar-refractivity contribution in [3.05, 3.63) is 71.8 Å². The second-order valence-electron chi connectivity index (χ2n) is 5.32. The highest BCUT2D eigenvalue weighted by Gasteiger charge is 2.00. The lowest BCUT2D eigenvalue weighted by molar-refractivity contribution is -0.137. The van der Waals surface area contributed by atoms with Crippen molar-refractivity contribution in [1.29, 1.82) is 0 Å². The van der Waals surface area contributed by atoms with Crippen LogP contribution < -0.4 is 0 Å². The van der Waals surface area contributed by atoms with Gasteiger partial charge < -0.3 is 14.6 Å². The molecule has 1 N–H and O–H groups in total. The van der Waals surface area contributed by atoms with E-state index >= 15 is 0 Å². The average Bonchev–Trinajstić information content (AvgIpc) is 2.55. The summed E-state index contributed by atoms with van der Waals surface area (Å²) in [6, 6.07) is 9.94. The maximum Gasteiger partial charge on any atom is 0.330 e. The first kappa shape index (κ1) is 19.9. The minimum atomic E-state index is -0.572. The van der Waals surface area contributed by atoms with E-state index in [0.717, 1.165) is 11.1 Å². The van der Waals surface area contributed by atoms with Crippen LogP contribution in [-0.2, 0) is 20.9 Å². The summed E-state index contributed by atoms with van der Waals surface area (Å²) in [5.41, 5.74) is 2.09. The molecular formula is C20H26O4. The molecule has 0 bridgehead atoms. The molecule has 1 atom stereocenters. The van der Waals surface area contributed by atoms with Crippen LogP contribution in [0.15, 0.2) is 66.3 Å². The molecule has 0 saturated heterocycles. The number of allylic oxidation sites excluding steroid dienone is 2. The van der Waals surface area contributed by atoms with Crippen LogP contribution in [0.4, 0.5) is 0 Å². The highest BCUT2D eigenvalue weighted by atomic mass is 16.5. The normalized spacial score (nSPS) is 13.5. The lowest BCUT2D eigenvalue weighted by Crippen LogP contribution is -2.03. The van der Waals surface area contributed by atoms with E-state index in [4.69, 9.17) is 9.47 Å². The topological polar surface area (TPSA) is 55.8 Å². The van der Waals surface area contributed by atoms with Gasteiger partial charge in [-0.25, -0.2) is 4.79 Å². The lowest BCUT2D eigenvalue weighted by Gasteiger charge is -2.05. The van der Waals surface area contributed by atoms with E-state index in [1.807, 2.05) is 43.3 Å². The van der Waals surface area contributed by atoms with Gasteiger partial charge in [-0.1, -0.05) is 60.2 Å². The summed E-state index contributed by atoms with van der Waals surface area (Å²) in [6.45, 7) is 5.04. The van der Waals surface area contributed by atoms with Crippen LogP contribution in [0.3, 0.4) is 0 Å². The predicted molar refractivity (Wildman–Crippen MR) is 95.4 cm³/mol. The highest BCUT2D eigenvalue weighted by Crippen LogP contribution is 2.06. The fourth-order valence-electron chi connectivity index (χ4n) is 1.98. The molecule has 1 aromatic rings. The van der Waals surface area contributed by atoms with Crippen molar-refractivity contribution in [1.82, 2.24) is 0 Å². The zero-order chi connectivity index (χ0) is 17.6. The molecule has 4 heteroatoms. The molecule has 1 aromatic carbocycles. The molecule has 0 heterocycles. The number of aliphatic hydroxyl groups excluding tert-OH is 1. The summed E-state index contributed by atoms with van der Waals surface area (Å²) in [4.78, 5) is 11.1. The van der Waals surface area contributed by atoms with E-state index in [9.17, 15) is 9.90 Å². The molecule has 0 saturated carbocycles. The summed E-state index contributed by atoms with van der Waals surface area (Å²) in [6.07, 6.45) is 8.26. The van der Waals surface area contributed by atoms with Gasteiger partial charge in [-0.2, -0.15) is 0 Å². The standard InChI is InChI=1S/C20H26O4/c1-3-24-20(22)13-7-9-17(2)15-19(21)12-8-14-23-16-18-10-5-4-6-11-18/h4-13,19,21H,3,14-16H2,1-2H3/b12-8+,13-7-,17-9-. The molecule has 4 nitrogen and oxygen atoms in total. The Balaban J connectivity index is 2.24. The van der Waals surface area contributed by atoms with Crippen molar-refractivity contribution in [3.63, 3.8) is 0 Å². The van der Waals surface area contributed by atoms with Crippen LogP contribution in [0.2, 0.25) is 0 Å². The Labute approximate surface area is 144 Å². The van der Waals surface area contributed by atoms with Gasteiger partial charge in [-0.15, -0.1) is 0 Å². The van der Waals surface area contributed by atoms with Gasteiger partial charge in [-0.05, 0) is 25.8 Å².